The number of benzene rings is 2. The quantitative estimate of drug-likeness (QED) is 0.197. The molecule has 0 unspecified atom stereocenters. The molecule has 5 aromatic rings. The highest BCUT2D eigenvalue weighted by molar-refractivity contribution is 6.03. The van der Waals surface area contributed by atoms with Gasteiger partial charge in [0.2, 0.25) is 0 Å². The van der Waals surface area contributed by atoms with Crippen molar-refractivity contribution < 1.29 is 18.9 Å². The molecule has 1 aliphatic rings. The Hall–Kier alpha value is -5.65. The number of rotatable bonds is 10. The van der Waals surface area contributed by atoms with E-state index in [9.17, 15) is 14.4 Å². The molecule has 0 aliphatic carbocycles. The third-order valence-electron chi connectivity index (χ3n) is 7.09. The van der Waals surface area contributed by atoms with Crippen molar-refractivity contribution in [3.8, 4) is 11.3 Å². The van der Waals surface area contributed by atoms with Crippen LogP contribution < -0.4 is 21.3 Å². The Morgan fingerprint density at radius 1 is 1.02 bits per heavy atom. The molecule has 4 heterocycles. The zero-order valence-electron chi connectivity index (χ0n) is 23.5. The van der Waals surface area contributed by atoms with E-state index in [1.807, 2.05) is 53.1 Å². The van der Waals surface area contributed by atoms with Crippen molar-refractivity contribution in [1.29, 1.82) is 0 Å². The minimum atomic E-state index is -0.372. The number of nitrogens with one attached hydrogen (secondary N) is 4. The summed E-state index contributed by atoms with van der Waals surface area (Å²) in [6.45, 7) is 4.23. The van der Waals surface area contributed by atoms with Crippen LogP contribution in [0.2, 0.25) is 0 Å². The lowest BCUT2D eigenvalue weighted by Crippen LogP contribution is -2.36. The van der Waals surface area contributed by atoms with Gasteiger partial charge in [-0.15, -0.1) is 0 Å². The highest BCUT2D eigenvalue weighted by atomic mass is 16.5. The molecule has 0 atom stereocenters. The molecule has 12 heteroatoms. The number of amides is 4. The topological polar surface area (TPSA) is 146 Å². The monoisotopic (exact) mass is 578 g/mol. The summed E-state index contributed by atoms with van der Waals surface area (Å²) in [6.07, 6.45) is 1.86. The van der Waals surface area contributed by atoms with Gasteiger partial charge in [-0.2, -0.15) is 0 Å². The van der Waals surface area contributed by atoms with Gasteiger partial charge in [0.05, 0.1) is 5.56 Å². The third kappa shape index (κ3) is 6.03. The van der Waals surface area contributed by atoms with E-state index in [-0.39, 0.29) is 23.5 Å². The summed E-state index contributed by atoms with van der Waals surface area (Å²) in [5, 5.41) is 15.8. The molecule has 0 spiro atoms. The normalized spacial score (nSPS) is 12.8. The minimum absolute atomic E-state index is 0.123. The first-order chi connectivity index (χ1) is 21.0. The molecular weight excluding hydrogens is 548 g/mol. The fourth-order valence-corrected chi connectivity index (χ4v) is 4.90. The number of carbonyl (C=O) groups excluding carboxylic acids is 3. The van der Waals surface area contributed by atoms with E-state index in [4.69, 9.17) is 9.51 Å². The zero-order chi connectivity index (χ0) is 29.8. The van der Waals surface area contributed by atoms with Crippen LogP contribution >= 0.6 is 0 Å². The van der Waals surface area contributed by atoms with E-state index < -0.39 is 0 Å². The van der Waals surface area contributed by atoms with Crippen molar-refractivity contribution in [2.75, 3.05) is 36.8 Å². The summed E-state index contributed by atoms with van der Waals surface area (Å²) >= 11 is 0. The van der Waals surface area contributed by atoms with Gasteiger partial charge < -0.3 is 30.7 Å². The molecule has 3 aromatic heterocycles. The largest absolute Gasteiger partial charge is 0.365 e. The molecule has 1 aliphatic heterocycles. The second kappa shape index (κ2) is 12.1. The maximum atomic E-state index is 13.3. The van der Waals surface area contributed by atoms with Crippen molar-refractivity contribution in [3.05, 3.63) is 102 Å². The van der Waals surface area contributed by atoms with Crippen LogP contribution in [0.4, 0.5) is 16.3 Å². The summed E-state index contributed by atoms with van der Waals surface area (Å²) in [5.74, 6) is 0.619. The third-order valence-corrected chi connectivity index (χ3v) is 7.09. The molecular formula is C31H30N8O4. The molecule has 0 radical (unpaired) electrons. The number of carbonyl (C=O) groups is 3. The molecule has 0 bridgehead atoms. The van der Waals surface area contributed by atoms with Crippen molar-refractivity contribution in [2.45, 2.75) is 13.5 Å². The summed E-state index contributed by atoms with van der Waals surface area (Å²) in [7, 11) is 0. The van der Waals surface area contributed by atoms with Gasteiger partial charge in [-0.05, 0) is 36.8 Å². The molecule has 1 fully saturated rings. The maximum absolute atomic E-state index is 13.3. The molecule has 6 rings (SSSR count). The van der Waals surface area contributed by atoms with Crippen LogP contribution in [0.5, 0.6) is 0 Å². The van der Waals surface area contributed by atoms with E-state index in [2.05, 4.69) is 26.4 Å². The maximum Gasteiger partial charge on any atom is 0.317 e. The van der Waals surface area contributed by atoms with Gasteiger partial charge in [0.25, 0.3) is 11.8 Å². The standard InChI is InChI=1S/C31H30N8O4/c1-20-18-25(37-43-20)30(41)35-23-11-9-22(10-12-23)26-28(34-19-21-6-3-2-4-7-21)39-15-5-8-24(27(39)36-26)29(40)32-13-16-38-17-14-33-31(38)42/h2-12,15,18,34H,13-14,16-17,19H2,1H3,(H,32,40)(H,33,42)(H,35,41). The molecule has 43 heavy (non-hydrogen) atoms. The van der Waals surface area contributed by atoms with Gasteiger partial charge in [0.1, 0.15) is 17.3 Å². The van der Waals surface area contributed by atoms with Crippen LogP contribution in [0.25, 0.3) is 16.9 Å². The first-order valence-corrected chi connectivity index (χ1v) is 13.9. The van der Waals surface area contributed by atoms with E-state index in [0.717, 1.165) is 16.9 Å². The average molecular weight is 579 g/mol. The van der Waals surface area contributed by atoms with Crippen LogP contribution in [-0.4, -0.2) is 63.5 Å². The lowest BCUT2D eigenvalue weighted by molar-refractivity contribution is 0.0950. The average Bonchev–Trinajstić information content (AvgIpc) is 3.75. The molecule has 0 saturated carbocycles. The SMILES string of the molecule is Cc1cc(C(=O)Nc2ccc(-c3nc4c(C(=O)NCCN5CCNC5=O)cccn4c3NCc3ccccc3)cc2)no1. The van der Waals surface area contributed by atoms with Crippen LogP contribution in [0.3, 0.4) is 0 Å². The van der Waals surface area contributed by atoms with Gasteiger partial charge in [0, 0.05) is 56.2 Å². The zero-order valence-corrected chi connectivity index (χ0v) is 23.5. The Morgan fingerprint density at radius 2 is 1.84 bits per heavy atom. The number of pyridine rings is 1. The van der Waals surface area contributed by atoms with Gasteiger partial charge in [0.15, 0.2) is 11.3 Å². The molecule has 2 aromatic carbocycles. The van der Waals surface area contributed by atoms with Crippen molar-refractivity contribution in [1.82, 2.24) is 30.1 Å². The van der Waals surface area contributed by atoms with Crippen molar-refractivity contribution >= 4 is 35.0 Å². The van der Waals surface area contributed by atoms with Gasteiger partial charge >= 0.3 is 6.03 Å². The summed E-state index contributed by atoms with van der Waals surface area (Å²) in [6, 6.07) is 22.3. The second-order valence-electron chi connectivity index (χ2n) is 10.1. The number of hydrogen-bond acceptors (Lipinski definition) is 7. The van der Waals surface area contributed by atoms with Crippen molar-refractivity contribution in [2.24, 2.45) is 0 Å². The Morgan fingerprint density at radius 3 is 2.56 bits per heavy atom. The fraction of sp³-hybridized carbons (Fsp3) is 0.194. The Balaban J connectivity index is 1.27. The van der Waals surface area contributed by atoms with Gasteiger partial charge in [-0.3, -0.25) is 14.0 Å². The molecule has 12 nitrogen and oxygen atoms in total. The summed E-state index contributed by atoms with van der Waals surface area (Å²) in [5.41, 5.74) is 4.21. The van der Waals surface area contributed by atoms with Crippen molar-refractivity contribution in [3.63, 3.8) is 0 Å². The highest BCUT2D eigenvalue weighted by Gasteiger charge is 2.22. The van der Waals surface area contributed by atoms with E-state index in [1.54, 1.807) is 42.2 Å². The first kappa shape index (κ1) is 27.5. The van der Waals surface area contributed by atoms with E-state index in [1.165, 1.54) is 0 Å². The van der Waals surface area contributed by atoms with Gasteiger partial charge in [-0.1, -0.05) is 47.6 Å². The number of nitrogens with zero attached hydrogens (tertiary/aromatic N) is 4. The van der Waals surface area contributed by atoms with E-state index >= 15 is 0 Å². The number of fused-ring (bicyclic) bond motifs is 1. The van der Waals surface area contributed by atoms with Crippen LogP contribution in [-0.2, 0) is 6.54 Å². The number of urea groups is 1. The molecule has 218 valence electrons. The lowest BCUT2D eigenvalue weighted by atomic mass is 10.1. The van der Waals surface area contributed by atoms with E-state index in [0.29, 0.717) is 61.1 Å². The smallest absolute Gasteiger partial charge is 0.317 e. The van der Waals surface area contributed by atoms with Crippen LogP contribution in [0.15, 0.2) is 83.5 Å². The number of hydrogen-bond donors (Lipinski definition) is 4. The number of anilines is 2. The first-order valence-electron chi connectivity index (χ1n) is 13.9. The lowest BCUT2D eigenvalue weighted by Gasteiger charge is -2.14. The second-order valence-corrected chi connectivity index (χ2v) is 10.1. The van der Waals surface area contributed by atoms with Gasteiger partial charge in [-0.25, -0.2) is 9.78 Å². The number of aromatic nitrogens is 3. The fourth-order valence-electron chi connectivity index (χ4n) is 4.90. The number of imidazole rings is 1. The Labute approximate surface area is 247 Å². The molecule has 4 N–H and O–H groups in total. The highest BCUT2D eigenvalue weighted by Crippen LogP contribution is 2.31. The van der Waals surface area contributed by atoms with Crippen LogP contribution in [0.1, 0.15) is 32.2 Å². The Bertz CT molecular complexity index is 1780. The number of aryl methyl sites for hydroxylation is 1. The van der Waals surface area contributed by atoms with Crippen LogP contribution in [0, 0.1) is 6.92 Å². The minimum Gasteiger partial charge on any atom is -0.365 e. The summed E-state index contributed by atoms with van der Waals surface area (Å²) in [4.78, 5) is 44.2. The predicted octanol–water partition coefficient (Wildman–Crippen LogP) is 3.92. The molecule has 4 amide bonds. The predicted molar refractivity (Wildman–Crippen MR) is 161 cm³/mol. The summed E-state index contributed by atoms with van der Waals surface area (Å²) < 4.78 is 6.86. The molecule has 1 saturated heterocycles. The Kier molecular flexibility index (Phi) is 7.72.